The van der Waals surface area contributed by atoms with Crippen molar-refractivity contribution in [1.82, 2.24) is 19.7 Å². The fourth-order valence-corrected chi connectivity index (χ4v) is 5.57. The number of nitriles is 1. The van der Waals surface area contributed by atoms with Gasteiger partial charge in [0.25, 0.3) is 5.91 Å². The summed E-state index contributed by atoms with van der Waals surface area (Å²) in [5.74, 6) is -0.250. The second kappa shape index (κ2) is 11.4. The molecule has 2 aliphatic rings. The van der Waals surface area contributed by atoms with Crippen LogP contribution in [0.15, 0.2) is 48.8 Å². The van der Waals surface area contributed by atoms with Crippen molar-refractivity contribution in [3.63, 3.8) is 0 Å². The molecule has 9 nitrogen and oxygen atoms in total. The highest BCUT2D eigenvalue weighted by molar-refractivity contribution is 6.04. The highest BCUT2D eigenvalue weighted by Gasteiger charge is 2.40. The van der Waals surface area contributed by atoms with Crippen LogP contribution >= 0.6 is 0 Å². The van der Waals surface area contributed by atoms with E-state index in [4.69, 9.17) is 9.47 Å². The number of methoxy groups -OCH3 is 1. The van der Waals surface area contributed by atoms with E-state index in [0.717, 1.165) is 74.6 Å². The van der Waals surface area contributed by atoms with Gasteiger partial charge in [-0.2, -0.15) is 10.4 Å². The summed E-state index contributed by atoms with van der Waals surface area (Å²) in [6, 6.07) is 14.7. The second-order valence-electron chi connectivity index (χ2n) is 10.1. The molecule has 0 spiro atoms. The zero-order valence-electron chi connectivity index (χ0n) is 22.0. The number of pyridine rings is 1. The van der Waals surface area contributed by atoms with Gasteiger partial charge in [-0.15, -0.1) is 0 Å². The number of hydrogen-bond donors (Lipinski definition) is 1. The van der Waals surface area contributed by atoms with Crippen molar-refractivity contribution in [1.29, 1.82) is 5.26 Å². The maximum absolute atomic E-state index is 13.0. The predicted molar refractivity (Wildman–Crippen MR) is 143 cm³/mol. The lowest BCUT2D eigenvalue weighted by atomic mass is 9.71. The van der Waals surface area contributed by atoms with Gasteiger partial charge in [0.2, 0.25) is 0 Å². The molecule has 3 heterocycles. The van der Waals surface area contributed by atoms with Crippen LogP contribution in [0.1, 0.15) is 53.0 Å². The second-order valence-corrected chi connectivity index (χ2v) is 10.1. The Hall–Kier alpha value is -3.58. The summed E-state index contributed by atoms with van der Waals surface area (Å²) >= 11 is 0. The first-order chi connectivity index (χ1) is 18.5. The first-order valence-corrected chi connectivity index (χ1v) is 13.2. The molecule has 1 aliphatic carbocycles. The number of carbonyl (C=O) groups excluding carboxylic acids is 1. The molecule has 198 valence electrons. The average molecular weight is 515 g/mol. The van der Waals surface area contributed by atoms with Crippen LogP contribution in [0.5, 0.6) is 0 Å². The van der Waals surface area contributed by atoms with Gasteiger partial charge < -0.3 is 14.8 Å². The number of nitrogens with one attached hydrogen (secondary N) is 1. The molecule has 0 unspecified atom stereocenters. The summed E-state index contributed by atoms with van der Waals surface area (Å²) in [4.78, 5) is 20.2. The summed E-state index contributed by atoms with van der Waals surface area (Å²) in [5.41, 5.74) is 3.96. The highest BCUT2D eigenvalue weighted by atomic mass is 16.5. The molecule has 38 heavy (non-hydrogen) atoms. The van der Waals surface area contributed by atoms with Crippen molar-refractivity contribution in [3.05, 3.63) is 71.3 Å². The Morgan fingerprint density at radius 2 is 1.89 bits per heavy atom. The lowest BCUT2D eigenvalue weighted by Crippen LogP contribution is -2.47. The van der Waals surface area contributed by atoms with E-state index in [-0.39, 0.29) is 5.91 Å². The van der Waals surface area contributed by atoms with E-state index < -0.39 is 5.41 Å². The molecule has 1 aliphatic heterocycles. The number of nitrogens with zero attached hydrogens (tertiary/aromatic N) is 5. The molecule has 9 heteroatoms. The number of aromatic nitrogens is 3. The molecule has 2 fully saturated rings. The third kappa shape index (κ3) is 5.34. The maximum Gasteiger partial charge on any atom is 0.259 e. The Kier molecular flexibility index (Phi) is 7.84. The Balaban J connectivity index is 1.23. The number of rotatable bonds is 7. The minimum Gasteiger partial charge on any atom is -0.380 e. The van der Waals surface area contributed by atoms with Crippen molar-refractivity contribution in [2.75, 3.05) is 38.7 Å². The van der Waals surface area contributed by atoms with Gasteiger partial charge in [-0.25, -0.2) is 4.68 Å². The topological polar surface area (TPSA) is 105 Å². The van der Waals surface area contributed by atoms with E-state index >= 15 is 0 Å². The molecule has 0 radical (unpaired) electrons. The number of hydrogen-bond acceptors (Lipinski definition) is 7. The van der Waals surface area contributed by atoms with E-state index in [0.29, 0.717) is 23.9 Å². The summed E-state index contributed by atoms with van der Waals surface area (Å²) in [6.45, 7) is 5.93. The molecular weight excluding hydrogens is 480 g/mol. The van der Waals surface area contributed by atoms with Crippen LogP contribution in [-0.2, 0) is 21.5 Å². The molecule has 2 aromatic heterocycles. The standard InChI is InChI=1S/C29H34N6O3/c1-21-26(18-32-35(21)25-6-3-22(4-7-25)19-37-2)28(36)33-23-5-8-27(31-17-23)29(20-30)11-9-24(10-12-29)34-13-15-38-16-14-34/h3-8,17-18,24H,9-16,19H2,1-2H3,(H,33,36). The monoisotopic (exact) mass is 514 g/mol. The average Bonchev–Trinajstić information content (AvgIpc) is 3.36. The van der Waals surface area contributed by atoms with Crippen LogP contribution in [0.4, 0.5) is 5.69 Å². The maximum atomic E-state index is 13.0. The molecule has 1 saturated carbocycles. The van der Waals surface area contributed by atoms with Gasteiger partial charge >= 0.3 is 0 Å². The van der Waals surface area contributed by atoms with Crippen LogP contribution in [0.3, 0.4) is 0 Å². The Labute approximate surface area is 223 Å². The zero-order chi connectivity index (χ0) is 26.5. The largest absolute Gasteiger partial charge is 0.380 e. The third-order valence-electron chi connectivity index (χ3n) is 7.84. The molecule has 1 saturated heterocycles. The number of anilines is 1. The number of morpholine rings is 1. The van der Waals surface area contributed by atoms with E-state index in [9.17, 15) is 10.1 Å². The van der Waals surface area contributed by atoms with Crippen LogP contribution in [-0.4, -0.2) is 65.0 Å². The molecule has 0 atom stereocenters. The SMILES string of the molecule is COCc1ccc(-n2ncc(C(=O)Nc3ccc(C4(C#N)CCC(N5CCOCC5)CC4)nc3)c2C)cc1. The smallest absolute Gasteiger partial charge is 0.259 e. The Bertz CT molecular complexity index is 1280. The number of ether oxygens (including phenoxy) is 2. The number of benzene rings is 1. The van der Waals surface area contributed by atoms with E-state index in [1.807, 2.05) is 43.3 Å². The minimum atomic E-state index is -0.581. The van der Waals surface area contributed by atoms with Gasteiger partial charge in [0.1, 0.15) is 0 Å². The van der Waals surface area contributed by atoms with Gasteiger partial charge in [0.05, 0.1) is 72.0 Å². The van der Waals surface area contributed by atoms with Gasteiger partial charge in [-0.05, 0) is 62.4 Å². The summed E-state index contributed by atoms with van der Waals surface area (Å²) < 4.78 is 12.4. The van der Waals surface area contributed by atoms with Crippen LogP contribution < -0.4 is 5.32 Å². The Morgan fingerprint density at radius 1 is 1.16 bits per heavy atom. The number of carbonyl (C=O) groups is 1. The number of amides is 1. The summed E-state index contributed by atoms with van der Waals surface area (Å²) in [6.07, 6.45) is 6.75. The zero-order valence-corrected chi connectivity index (χ0v) is 22.0. The van der Waals surface area contributed by atoms with Crippen molar-refractivity contribution in [2.24, 2.45) is 0 Å². The summed E-state index contributed by atoms with van der Waals surface area (Å²) in [7, 11) is 1.67. The molecule has 3 aromatic rings. The van der Waals surface area contributed by atoms with Crippen LogP contribution in [0, 0.1) is 18.3 Å². The van der Waals surface area contributed by atoms with Gasteiger partial charge in [-0.1, -0.05) is 12.1 Å². The molecule has 0 bridgehead atoms. The van der Waals surface area contributed by atoms with Crippen LogP contribution in [0.2, 0.25) is 0 Å². The van der Waals surface area contributed by atoms with E-state index in [1.165, 1.54) is 0 Å². The van der Waals surface area contributed by atoms with E-state index in [1.54, 1.807) is 24.2 Å². The van der Waals surface area contributed by atoms with Crippen molar-refractivity contribution in [3.8, 4) is 11.8 Å². The summed E-state index contributed by atoms with van der Waals surface area (Å²) in [5, 5.41) is 17.5. The first kappa shape index (κ1) is 26.0. The van der Waals surface area contributed by atoms with Crippen molar-refractivity contribution < 1.29 is 14.3 Å². The van der Waals surface area contributed by atoms with Gasteiger partial charge in [-0.3, -0.25) is 14.7 Å². The molecule has 5 rings (SSSR count). The fourth-order valence-electron chi connectivity index (χ4n) is 5.57. The third-order valence-corrected chi connectivity index (χ3v) is 7.84. The van der Waals surface area contributed by atoms with Gasteiger partial charge in [0, 0.05) is 26.2 Å². The fraction of sp³-hybridized carbons (Fsp3) is 0.448. The lowest BCUT2D eigenvalue weighted by Gasteiger charge is -2.41. The molecular formula is C29H34N6O3. The molecule has 1 amide bonds. The highest BCUT2D eigenvalue weighted by Crippen LogP contribution is 2.40. The Morgan fingerprint density at radius 3 is 2.53 bits per heavy atom. The predicted octanol–water partition coefficient (Wildman–Crippen LogP) is 4.01. The quantitative estimate of drug-likeness (QED) is 0.508. The minimum absolute atomic E-state index is 0.250. The van der Waals surface area contributed by atoms with Crippen molar-refractivity contribution >= 4 is 11.6 Å². The molecule has 1 N–H and O–H groups in total. The van der Waals surface area contributed by atoms with Gasteiger partial charge in [0.15, 0.2) is 0 Å². The molecule has 1 aromatic carbocycles. The first-order valence-electron chi connectivity index (χ1n) is 13.2. The lowest BCUT2D eigenvalue weighted by molar-refractivity contribution is 0.00493. The van der Waals surface area contributed by atoms with Crippen LogP contribution in [0.25, 0.3) is 5.69 Å². The van der Waals surface area contributed by atoms with E-state index in [2.05, 4.69) is 26.4 Å². The van der Waals surface area contributed by atoms with Crippen molar-refractivity contribution in [2.45, 2.75) is 50.7 Å². The normalized spacial score (nSPS) is 22.1.